The number of ether oxygens (including phenoxy) is 1. The van der Waals surface area contributed by atoms with Gasteiger partial charge in [0.15, 0.2) is 12.1 Å². The van der Waals surface area contributed by atoms with Crippen molar-refractivity contribution in [2.45, 2.75) is 36.4 Å². The predicted molar refractivity (Wildman–Crippen MR) is 107 cm³/mol. The molecule has 31 heavy (non-hydrogen) atoms. The fourth-order valence-electron chi connectivity index (χ4n) is 4.92. The van der Waals surface area contributed by atoms with E-state index in [-0.39, 0.29) is 24.0 Å². The monoisotopic (exact) mass is 430 g/mol. The SMILES string of the molecule is CC1(O)C(OC(=O)c2cccc3cn[nH]c23)CN2C(N)=NC(CO)C3N=C(N)N(O)C321. The second-order valence-corrected chi connectivity index (χ2v) is 8.00. The lowest BCUT2D eigenvalue weighted by Gasteiger charge is -2.51. The fourth-order valence-corrected chi connectivity index (χ4v) is 4.92. The summed E-state index contributed by atoms with van der Waals surface area (Å²) >= 11 is 0. The zero-order valence-corrected chi connectivity index (χ0v) is 16.5. The molecule has 1 aromatic carbocycles. The molecule has 13 nitrogen and oxygen atoms in total. The number of nitrogens with one attached hydrogen (secondary N) is 1. The molecule has 0 radical (unpaired) electrons. The molecule has 3 aliphatic rings. The summed E-state index contributed by atoms with van der Waals surface area (Å²) in [6.45, 7) is 0.884. The van der Waals surface area contributed by atoms with Crippen LogP contribution in [0.25, 0.3) is 10.9 Å². The third-order valence-corrected chi connectivity index (χ3v) is 6.43. The third-order valence-electron chi connectivity index (χ3n) is 6.43. The van der Waals surface area contributed by atoms with Crippen molar-refractivity contribution >= 4 is 28.8 Å². The largest absolute Gasteiger partial charge is 0.454 e. The van der Waals surface area contributed by atoms with E-state index in [0.717, 1.165) is 5.39 Å². The summed E-state index contributed by atoms with van der Waals surface area (Å²) in [6, 6.07) is 3.25. The first kappa shape index (κ1) is 19.5. The zero-order chi connectivity index (χ0) is 22.1. The number of carbonyl (C=O) groups is 1. The Bertz CT molecular complexity index is 1130. The normalized spacial score (nSPS) is 34.4. The summed E-state index contributed by atoms with van der Waals surface area (Å²) in [5.41, 5.74) is 9.09. The Kier molecular flexibility index (Phi) is 3.96. The molecule has 4 heterocycles. The minimum Gasteiger partial charge on any atom is -0.454 e. The standard InChI is InChI=1S/C18H22N8O5/c1-17(29)11(31-14(28)9-4-2-3-8-5-21-24-12(8)9)6-25-15(19)22-10(7-27)13-18(17,25)26(30)16(20)23-13/h2-5,10-11,13,27,29-30H,6-7H2,1H3,(H2,19,22)(H2,20,23)(H,21,24). The van der Waals surface area contributed by atoms with Crippen LogP contribution < -0.4 is 11.5 Å². The number of benzene rings is 1. The van der Waals surface area contributed by atoms with Crippen LogP contribution >= 0.6 is 0 Å². The van der Waals surface area contributed by atoms with Crippen LogP contribution in [0.2, 0.25) is 0 Å². The smallest absolute Gasteiger partial charge is 0.340 e. The molecular formula is C18H22N8O5. The highest BCUT2D eigenvalue weighted by Gasteiger charge is 2.75. The molecule has 0 saturated carbocycles. The average Bonchev–Trinajstić information content (AvgIpc) is 3.38. The van der Waals surface area contributed by atoms with E-state index in [1.807, 2.05) is 0 Å². The molecule has 0 bridgehead atoms. The van der Waals surface area contributed by atoms with E-state index in [2.05, 4.69) is 20.2 Å². The number of aromatic nitrogens is 2. The predicted octanol–water partition coefficient (Wildman–Crippen LogP) is -2.07. The van der Waals surface area contributed by atoms with Crippen LogP contribution in [-0.2, 0) is 4.74 Å². The maximum absolute atomic E-state index is 13.0. The van der Waals surface area contributed by atoms with Gasteiger partial charge in [-0.15, -0.1) is 0 Å². The number of hydrogen-bond donors (Lipinski definition) is 6. The number of carbonyl (C=O) groups excluding carboxylic acids is 1. The molecule has 1 aromatic heterocycles. The van der Waals surface area contributed by atoms with Gasteiger partial charge in [0.1, 0.15) is 17.7 Å². The highest BCUT2D eigenvalue weighted by molar-refractivity contribution is 6.02. The van der Waals surface area contributed by atoms with E-state index in [1.165, 1.54) is 11.8 Å². The first-order chi connectivity index (χ1) is 14.7. The zero-order valence-electron chi connectivity index (χ0n) is 16.5. The first-order valence-electron chi connectivity index (χ1n) is 9.63. The molecule has 164 valence electrons. The average molecular weight is 430 g/mol. The Hall–Kier alpha value is -3.42. The van der Waals surface area contributed by atoms with Crippen LogP contribution in [0.4, 0.5) is 0 Å². The van der Waals surface area contributed by atoms with Gasteiger partial charge in [-0.25, -0.2) is 14.8 Å². The molecule has 1 spiro atoms. The number of aliphatic hydroxyl groups excluding tert-OH is 1. The van der Waals surface area contributed by atoms with Gasteiger partial charge in [0.2, 0.25) is 11.6 Å². The number of H-pyrrole nitrogens is 1. The number of hydrogen-bond acceptors (Lipinski definition) is 12. The van der Waals surface area contributed by atoms with E-state index >= 15 is 0 Å². The summed E-state index contributed by atoms with van der Waals surface area (Å²) in [7, 11) is 0. The van der Waals surface area contributed by atoms with Crippen molar-refractivity contribution in [2.75, 3.05) is 13.2 Å². The van der Waals surface area contributed by atoms with Crippen LogP contribution in [0.3, 0.4) is 0 Å². The van der Waals surface area contributed by atoms with E-state index in [4.69, 9.17) is 16.2 Å². The minimum absolute atomic E-state index is 0.0475. The highest BCUT2D eigenvalue weighted by Crippen LogP contribution is 2.50. The molecule has 3 aliphatic heterocycles. The fraction of sp³-hybridized carbons (Fsp3) is 0.444. The number of aromatic amines is 1. The molecule has 5 unspecified atom stereocenters. The molecule has 0 aliphatic carbocycles. The van der Waals surface area contributed by atoms with Gasteiger partial charge in [0.05, 0.1) is 30.4 Å². The number of nitrogens with two attached hydrogens (primary N) is 2. The van der Waals surface area contributed by atoms with E-state index in [0.29, 0.717) is 10.6 Å². The maximum atomic E-state index is 13.0. The molecule has 2 aromatic rings. The van der Waals surface area contributed by atoms with Crippen LogP contribution in [-0.4, -0.2) is 96.1 Å². The Balaban J connectivity index is 1.54. The summed E-state index contributed by atoms with van der Waals surface area (Å²) in [5, 5.41) is 40.3. The van der Waals surface area contributed by atoms with Crippen LogP contribution in [0.1, 0.15) is 17.3 Å². The maximum Gasteiger partial charge on any atom is 0.340 e. The summed E-state index contributed by atoms with van der Waals surface area (Å²) in [4.78, 5) is 22.8. The number of esters is 1. The van der Waals surface area contributed by atoms with Crippen molar-refractivity contribution in [3.8, 4) is 0 Å². The van der Waals surface area contributed by atoms with Crippen molar-refractivity contribution in [1.29, 1.82) is 0 Å². The molecular weight excluding hydrogens is 408 g/mol. The van der Waals surface area contributed by atoms with Gasteiger partial charge < -0.3 is 31.3 Å². The van der Waals surface area contributed by atoms with Crippen LogP contribution in [0.5, 0.6) is 0 Å². The quantitative estimate of drug-likeness (QED) is 0.294. The number of nitrogens with zero attached hydrogens (tertiary/aromatic N) is 5. The van der Waals surface area contributed by atoms with Gasteiger partial charge >= 0.3 is 5.97 Å². The number of hydroxylamine groups is 2. The second kappa shape index (κ2) is 6.29. The topological polar surface area (TPSA) is 199 Å². The molecule has 13 heteroatoms. The molecule has 5 atom stereocenters. The number of rotatable bonds is 3. The lowest BCUT2D eigenvalue weighted by Crippen LogP contribution is -2.76. The van der Waals surface area contributed by atoms with Crippen molar-refractivity contribution in [3.63, 3.8) is 0 Å². The number of guanidine groups is 2. The summed E-state index contributed by atoms with van der Waals surface area (Å²) in [5.74, 6) is -1.01. The van der Waals surface area contributed by atoms with Gasteiger partial charge in [-0.05, 0) is 13.0 Å². The van der Waals surface area contributed by atoms with Crippen LogP contribution in [0.15, 0.2) is 34.4 Å². The minimum atomic E-state index is -1.90. The van der Waals surface area contributed by atoms with E-state index in [1.54, 1.807) is 24.4 Å². The number of para-hydroxylation sites is 1. The molecule has 1 saturated heterocycles. The first-order valence-corrected chi connectivity index (χ1v) is 9.63. The molecule has 8 N–H and O–H groups in total. The van der Waals surface area contributed by atoms with Gasteiger partial charge in [-0.1, -0.05) is 12.1 Å². The Morgan fingerprint density at radius 3 is 2.87 bits per heavy atom. The highest BCUT2D eigenvalue weighted by atomic mass is 16.6. The summed E-state index contributed by atoms with van der Waals surface area (Å²) < 4.78 is 5.70. The van der Waals surface area contributed by atoms with Crippen LogP contribution in [0, 0.1) is 0 Å². The van der Waals surface area contributed by atoms with Crippen molar-refractivity contribution in [1.82, 2.24) is 20.2 Å². The van der Waals surface area contributed by atoms with E-state index in [9.17, 15) is 20.2 Å². The number of fused-ring (bicyclic) bond motifs is 1. The Labute approximate surface area is 175 Å². The van der Waals surface area contributed by atoms with Crippen molar-refractivity contribution in [3.05, 3.63) is 30.0 Å². The summed E-state index contributed by atoms with van der Waals surface area (Å²) in [6.07, 6.45) is 0.443. The van der Waals surface area contributed by atoms with Gasteiger partial charge in [0, 0.05) is 5.39 Å². The molecule has 5 rings (SSSR count). The Morgan fingerprint density at radius 2 is 2.13 bits per heavy atom. The van der Waals surface area contributed by atoms with Gasteiger partial charge in [-0.3, -0.25) is 10.3 Å². The lowest BCUT2D eigenvalue weighted by molar-refractivity contribution is -0.228. The number of aliphatic imine (C=N–C) groups is 2. The van der Waals surface area contributed by atoms with Gasteiger partial charge in [0.25, 0.3) is 0 Å². The van der Waals surface area contributed by atoms with Crippen molar-refractivity contribution in [2.24, 2.45) is 21.5 Å². The van der Waals surface area contributed by atoms with Gasteiger partial charge in [-0.2, -0.15) is 10.2 Å². The lowest BCUT2D eigenvalue weighted by atomic mass is 9.79. The number of aliphatic hydroxyl groups is 2. The Morgan fingerprint density at radius 1 is 1.35 bits per heavy atom. The molecule has 1 fully saturated rings. The van der Waals surface area contributed by atoms with Crippen molar-refractivity contribution < 1.29 is 25.0 Å². The van der Waals surface area contributed by atoms with E-state index < -0.39 is 42.0 Å². The second-order valence-electron chi connectivity index (χ2n) is 8.00. The molecule has 0 amide bonds. The third kappa shape index (κ3) is 2.30.